The molecule has 1 amide bonds. The van der Waals surface area contributed by atoms with Crippen LogP contribution >= 0.6 is 0 Å². The van der Waals surface area contributed by atoms with Crippen molar-refractivity contribution in [3.63, 3.8) is 0 Å². The highest BCUT2D eigenvalue weighted by Crippen LogP contribution is 2.44. The van der Waals surface area contributed by atoms with Crippen LogP contribution in [0.15, 0.2) is 0 Å². The van der Waals surface area contributed by atoms with E-state index < -0.39 is 5.60 Å². The van der Waals surface area contributed by atoms with Crippen molar-refractivity contribution in [3.8, 4) is 0 Å². The van der Waals surface area contributed by atoms with E-state index in [9.17, 15) is 9.59 Å². The molecular formula is C16H27NO3. The standard InChI is InChI=1S/C16H27NO3/c1-3-10-17(11-4-2)15(19)13-12-14(18)20-16(13)8-6-5-7-9-16/h13H,3-12H2,1-2H3/t13-/m1/s1. The van der Waals surface area contributed by atoms with Gasteiger partial charge < -0.3 is 9.64 Å². The summed E-state index contributed by atoms with van der Waals surface area (Å²) in [7, 11) is 0. The van der Waals surface area contributed by atoms with E-state index in [0.717, 1.165) is 51.6 Å². The maximum Gasteiger partial charge on any atom is 0.307 e. The van der Waals surface area contributed by atoms with Gasteiger partial charge in [-0.15, -0.1) is 0 Å². The molecule has 0 bridgehead atoms. The zero-order valence-electron chi connectivity index (χ0n) is 12.8. The third kappa shape index (κ3) is 2.99. The smallest absolute Gasteiger partial charge is 0.307 e. The van der Waals surface area contributed by atoms with Crippen molar-refractivity contribution in [2.75, 3.05) is 13.1 Å². The van der Waals surface area contributed by atoms with Crippen molar-refractivity contribution in [1.82, 2.24) is 4.90 Å². The maximum absolute atomic E-state index is 12.8. The van der Waals surface area contributed by atoms with Crippen molar-refractivity contribution < 1.29 is 14.3 Å². The minimum Gasteiger partial charge on any atom is -0.458 e. The zero-order chi connectivity index (χ0) is 14.6. The summed E-state index contributed by atoms with van der Waals surface area (Å²) in [6, 6.07) is 0. The second-order valence-electron chi connectivity index (χ2n) is 6.18. The van der Waals surface area contributed by atoms with Crippen LogP contribution in [0.25, 0.3) is 0 Å². The van der Waals surface area contributed by atoms with E-state index >= 15 is 0 Å². The Hall–Kier alpha value is -1.06. The lowest BCUT2D eigenvalue weighted by atomic mass is 9.75. The van der Waals surface area contributed by atoms with Crippen molar-refractivity contribution >= 4 is 11.9 Å². The van der Waals surface area contributed by atoms with Gasteiger partial charge in [0.25, 0.3) is 0 Å². The molecule has 2 rings (SSSR count). The molecule has 0 aromatic rings. The topological polar surface area (TPSA) is 46.6 Å². The van der Waals surface area contributed by atoms with Gasteiger partial charge in [0.1, 0.15) is 5.60 Å². The third-order valence-electron chi connectivity index (χ3n) is 4.62. The first-order chi connectivity index (χ1) is 9.63. The van der Waals surface area contributed by atoms with Gasteiger partial charge in [0.15, 0.2) is 0 Å². The highest BCUT2D eigenvalue weighted by atomic mass is 16.6. The first-order valence-corrected chi connectivity index (χ1v) is 8.13. The molecule has 1 saturated carbocycles. The number of carbonyl (C=O) groups is 2. The summed E-state index contributed by atoms with van der Waals surface area (Å²) < 4.78 is 5.64. The summed E-state index contributed by atoms with van der Waals surface area (Å²) in [5.41, 5.74) is -0.480. The Morgan fingerprint density at radius 2 is 1.80 bits per heavy atom. The highest BCUT2D eigenvalue weighted by Gasteiger charge is 2.53. The van der Waals surface area contributed by atoms with Crippen LogP contribution in [-0.4, -0.2) is 35.5 Å². The van der Waals surface area contributed by atoms with E-state index in [1.165, 1.54) is 6.42 Å². The molecule has 2 fully saturated rings. The van der Waals surface area contributed by atoms with E-state index in [4.69, 9.17) is 4.74 Å². The van der Waals surface area contributed by atoms with Gasteiger partial charge in [0.05, 0.1) is 12.3 Å². The molecule has 0 N–H and O–H groups in total. The number of hydrogen-bond donors (Lipinski definition) is 0. The molecule has 20 heavy (non-hydrogen) atoms. The summed E-state index contributed by atoms with van der Waals surface area (Å²) in [6.45, 7) is 5.74. The van der Waals surface area contributed by atoms with Gasteiger partial charge in [0.2, 0.25) is 5.91 Å². The molecular weight excluding hydrogens is 254 g/mol. The quantitative estimate of drug-likeness (QED) is 0.728. The summed E-state index contributed by atoms with van der Waals surface area (Å²) in [4.78, 5) is 26.5. The van der Waals surface area contributed by atoms with Crippen molar-refractivity contribution in [1.29, 1.82) is 0 Å². The lowest BCUT2D eigenvalue weighted by Crippen LogP contribution is -2.47. The molecule has 4 heteroatoms. The van der Waals surface area contributed by atoms with Crippen molar-refractivity contribution in [2.24, 2.45) is 5.92 Å². The molecule has 1 atom stereocenters. The Morgan fingerprint density at radius 1 is 1.20 bits per heavy atom. The first-order valence-electron chi connectivity index (χ1n) is 8.13. The van der Waals surface area contributed by atoms with E-state index in [-0.39, 0.29) is 24.2 Å². The lowest BCUT2D eigenvalue weighted by Gasteiger charge is -2.38. The van der Waals surface area contributed by atoms with Gasteiger partial charge >= 0.3 is 5.97 Å². The fourth-order valence-corrected chi connectivity index (χ4v) is 3.70. The summed E-state index contributed by atoms with van der Waals surface area (Å²) >= 11 is 0. The first kappa shape index (κ1) is 15.3. The number of nitrogens with zero attached hydrogens (tertiary/aromatic N) is 1. The SMILES string of the molecule is CCCN(CCC)C(=O)[C@H]1CC(=O)OC12CCCCC2. The molecule has 1 aliphatic carbocycles. The fourth-order valence-electron chi connectivity index (χ4n) is 3.70. The highest BCUT2D eigenvalue weighted by molar-refractivity contribution is 5.88. The van der Waals surface area contributed by atoms with Crippen LogP contribution in [-0.2, 0) is 14.3 Å². The number of amides is 1. The van der Waals surface area contributed by atoms with Gasteiger partial charge in [-0.2, -0.15) is 0 Å². The molecule has 0 unspecified atom stereocenters. The molecule has 4 nitrogen and oxygen atoms in total. The Kier molecular flexibility index (Phi) is 5.06. The van der Waals surface area contributed by atoms with Gasteiger partial charge in [-0.1, -0.05) is 20.3 Å². The number of carbonyl (C=O) groups excluding carboxylic acids is 2. The summed E-state index contributed by atoms with van der Waals surface area (Å²) in [5.74, 6) is -0.284. The van der Waals surface area contributed by atoms with Crippen LogP contribution in [0.5, 0.6) is 0 Å². The third-order valence-corrected chi connectivity index (χ3v) is 4.62. The van der Waals surface area contributed by atoms with E-state index in [0.29, 0.717) is 0 Å². The van der Waals surface area contributed by atoms with Crippen LogP contribution in [0.2, 0.25) is 0 Å². The second kappa shape index (κ2) is 6.59. The molecule has 0 aromatic heterocycles. The number of hydrogen-bond acceptors (Lipinski definition) is 3. The predicted octanol–water partition coefficient (Wildman–Crippen LogP) is 2.90. The minimum atomic E-state index is -0.480. The van der Waals surface area contributed by atoms with Crippen LogP contribution in [0.3, 0.4) is 0 Å². The van der Waals surface area contributed by atoms with Gasteiger partial charge in [-0.25, -0.2) is 0 Å². The van der Waals surface area contributed by atoms with Crippen LogP contribution in [0.4, 0.5) is 0 Å². The zero-order valence-corrected chi connectivity index (χ0v) is 12.8. The van der Waals surface area contributed by atoms with Crippen molar-refractivity contribution in [3.05, 3.63) is 0 Å². The molecule has 1 spiro atoms. The number of rotatable bonds is 5. The fraction of sp³-hybridized carbons (Fsp3) is 0.875. The average Bonchev–Trinajstić information content (AvgIpc) is 2.75. The molecule has 1 saturated heterocycles. The molecule has 0 aromatic carbocycles. The Morgan fingerprint density at radius 3 is 2.35 bits per heavy atom. The maximum atomic E-state index is 12.8. The van der Waals surface area contributed by atoms with Gasteiger partial charge in [-0.05, 0) is 38.5 Å². The number of ether oxygens (including phenoxy) is 1. The Bertz CT molecular complexity index is 355. The predicted molar refractivity (Wildman–Crippen MR) is 77.2 cm³/mol. The van der Waals surface area contributed by atoms with Crippen molar-refractivity contribution in [2.45, 2.75) is 70.8 Å². The Labute approximate surface area is 121 Å². The largest absolute Gasteiger partial charge is 0.458 e. The molecule has 2 aliphatic rings. The molecule has 1 aliphatic heterocycles. The Balaban J connectivity index is 2.14. The van der Waals surface area contributed by atoms with Gasteiger partial charge in [-0.3, -0.25) is 9.59 Å². The van der Waals surface area contributed by atoms with Crippen LogP contribution < -0.4 is 0 Å². The van der Waals surface area contributed by atoms with E-state index in [1.807, 2.05) is 4.90 Å². The van der Waals surface area contributed by atoms with Crippen LogP contribution in [0.1, 0.15) is 65.2 Å². The molecule has 114 valence electrons. The van der Waals surface area contributed by atoms with E-state index in [1.54, 1.807) is 0 Å². The van der Waals surface area contributed by atoms with Gasteiger partial charge in [0, 0.05) is 13.1 Å². The monoisotopic (exact) mass is 281 g/mol. The minimum absolute atomic E-state index is 0.140. The lowest BCUT2D eigenvalue weighted by molar-refractivity contribution is -0.155. The summed E-state index contributed by atoms with van der Waals surface area (Å²) in [5, 5.41) is 0. The second-order valence-corrected chi connectivity index (χ2v) is 6.18. The summed E-state index contributed by atoms with van der Waals surface area (Å²) in [6.07, 6.45) is 7.25. The van der Waals surface area contributed by atoms with Crippen LogP contribution in [0, 0.1) is 5.92 Å². The molecule has 0 radical (unpaired) electrons. The molecule has 1 heterocycles. The number of esters is 1. The normalized spacial score (nSPS) is 24.7. The average molecular weight is 281 g/mol. The van der Waals surface area contributed by atoms with E-state index in [2.05, 4.69) is 13.8 Å².